The summed E-state index contributed by atoms with van der Waals surface area (Å²) in [5, 5.41) is 18.0. The molecule has 0 aliphatic carbocycles. The fraction of sp³-hybridized carbons (Fsp3) is 0.0588. The summed E-state index contributed by atoms with van der Waals surface area (Å²) < 4.78 is 6.97. The van der Waals surface area contributed by atoms with E-state index in [1.54, 1.807) is 30.3 Å². The molecule has 0 radical (unpaired) electrons. The number of aromatic nitrogens is 2. The van der Waals surface area contributed by atoms with E-state index in [1.165, 1.54) is 35.1 Å². The number of carbonyl (C=O) groups excluding carboxylic acids is 1. The number of benzene rings is 2. The Balaban J connectivity index is 1.66. The molecule has 0 atom stereocenters. The first-order valence-electron chi connectivity index (χ1n) is 7.49. The monoisotopic (exact) mass is 372 g/mol. The second-order valence-corrected chi connectivity index (χ2v) is 5.64. The van der Waals surface area contributed by atoms with E-state index in [1.807, 2.05) is 0 Å². The van der Waals surface area contributed by atoms with Crippen LogP contribution >= 0.6 is 11.6 Å². The number of rotatable bonds is 6. The van der Waals surface area contributed by atoms with Gasteiger partial charge in [0.25, 0.3) is 11.6 Å². The summed E-state index contributed by atoms with van der Waals surface area (Å²) in [6.45, 7) is 0.0393. The van der Waals surface area contributed by atoms with Crippen molar-refractivity contribution in [3.63, 3.8) is 0 Å². The van der Waals surface area contributed by atoms with Gasteiger partial charge >= 0.3 is 0 Å². The molecule has 3 rings (SSSR count). The second kappa shape index (κ2) is 7.66. The predicted octanol–water partition coefficient (Wildman–Crippen LogP) is 3.73. The maximum absolute atomic E-state index is 12.4. The van der Waals surface area contributed by atoms with E-state index in [9.17, 15) is 14.9 Å². The van der Waals surface area contributed by atoms with Crippen molar-refractivity contribution in [1.82, 2.24) is 9.78 Å². The highest BCUT2D eigenvalue weighted by Crippen LogP contribution is 2.18. The summed E-state index contributed by atoms with van der Waals surface area (Å²) in [6, 6.07) is 13.9. The zero-order valence-corrected chi connectivity index (χ0v) is 14.1. The molecule has 0 spiro atoms. The number of nitro benzene ring substituents is 1. The Labute approximate surface area is 153 Å². The molecule has 1 amide bonds. The van der Waals surface area contributed by atoms with Gasteiger partial charge in [0, 0.05) is 29.0 Å². The van der Waals surface area contributed by atoms with E-state index in [2.05, 4.69) is 10.4 Å². The van der Waals surface area contributed by atoms with Crippen LogP contribution in [0.3, 0.4) is 0 Å². The largest absolute Gasteiger partial charge is 0.471 e. The maximum Gasteiger partial charge on any atom is 0.274 e. The lowest BCUT2D eigenvalue weighted by molar-refractivity contribution is -0.384. The molecule has 3 aromatic rings. The molecule has 9 heteroatoms. The molecular weight excluding hydrogens is 360 g/mol. The van der Waals surface area contributed by atoms with Crippen LogP contribution < -0.4 is 10.1 Å². The average Bonchev–Trinajstić information content (AvgIpc) is 3.10. The van der Waals surface area contributed by atoms with Crippen molar-refractivity contribution >= 4 is 28.9 Å². The number of nitrogens with zero attached hydrogens (tertiary/aromatic N) is 3. The van der Waals surface area contributed by atoms with Crippen LogP contribution in [0.5, 0.6) is 5.75 Å². The fourth-order valence-corrected chi connectivity index (χ4v) is 2.28. The van der Waals surface area contributed by atoms with Crippen LogP contribution in [0.2, 0.25) is 5.02 Å². The number of hydrogen-bond donors (Lipinski definition) is 1. The van der Waals surface area contributed by atoms with E-state index in [-0.39, 0.29) is 18.1 Å². The standard InChI is InChI=1S/C17H13ClN4O4/c18-12-1-7-15(8-2-12)26-11-21-16(9-10-19-21)17(23)20-13-3-5-14(6-4-13)22(24)25/h1-10H,11H2,(H,20,23). The highest BCUT2D eigenvalue weighted by atomic mass is 35.5. The number of amides is 1. The summed E-state index contributed by atoms with van der Waals surface area (Å²) in [5.74, 6) is 0.183. The Bertz CT molecular complexity index is 923. The smallest absolute Gasteiger partial charge is 0.274 e. The number of anilines is 1. The molecule has 0 saturated heterocycles. The minimum absolute atomic E-state index is 0.0393. The third kappa shape index (κ3) is 4.17. The zero-order valence-electron chi connectivity index (χ0n) is 13.3. The normalized spacial score (nSPS) is 10.3. The highest BCUT2D eigenvalue weighted by molar-refractivity contribution is 6.30. The van der Waals surface area contributed by atoms with Crippen LogP contribution in [0.4, 0.5) is 11.4 Å². The van der Waals surface area contributed by atoms with E-state index in [4.69, 9.17) is 16.3 Å². The summed E-state index contributed by atoms with van der Waals surface area (Å²) in [6.07, 6.45) is 1.48. The molecule has 8 nitrogen and oxygen atoms in total. The maximum atomic E-state index is 12.4. The Morgan fingerprint density at radius 3 is 2.50 bits per heavy atom. The van der Waals surface area contributed by atoms with Gasteiger partial charge in [0.2, 0.25) is 0 Å². The molecule has 0 aliphatic rings. The summed E-state index contributed by atoms with van der Waals surface area (Å²) in [4.78, 5) is 22.5. The molecule has 0 unspecified atom stereocenters. The van der Waals surface area contributed by atoms with Crippen LogP contribution in [0.25, 0.3) is 0 Å². The zero-order chi connectivity index (χ0) is 18.5. The van der Waals surface area contributed by atoms with Crippen molar-refractivity contribution < 1.29 is 14.5 Å². The number of carbonyl (C=O) groups is 1. The van der Waals surface area contributed by atoms with Gasteiger partial charge in [0.15, 0.2) is 6.73 Å². The third-order valence-electron chi connectivity index (χ3n) is 3.45. The summed E-state index contributed by atoms with van der Waals surface area (Å²) >= 11 is 5.82. The minimum atomic E-state index is -0.505. The van der Waals surface area contributed by atoms with Gasteiger partial charge in [-0.3, -0.25) is 14.9 Å². The van der Waals surface area contributed by atoms with Gasteiger partial charge in [-0.15, -0.1) is 0 Å². The second-order valence-electron chi connectivity index (χ2n) is 5.20. The topological polar surface area (TPSA) is 99.3 Å². The van der Waals surface area contributed by atoms with E-state index < -0.39 is 10.8 Å². The Hall–Kier alpha value is -3.39. The van der Waals surface area contributed by atoms with Crippen LogP contribution in [-0.4, -0.2) is 20.6 Å². The lowest BCUT2D eigenvalue weighted by Gasteiger charge is -2.10. The van der Waals surface area contributed by atoms with Crippen molar-refractivity contribution in [2.45, 2.75) is 6.73 Å². The van der Waals surface area contributed by atoms with Gasteiger partial charge in [-0.25, -0.2) is 4.68 Å². The first-order valence-corrected chi connectivity index (χ1v) is 7.87. The summed E-state index contributed by atoms with van der Waals surface area (Å²) in [5.41, 5.74) is 0.675. The SMILES string of the molecule is O=C(Nc1ccc([N+](=O)[O-])cc1)c1ccnn1COc1ccc(Cl)cc1. The molecule has 1 N–H and O–H groups in total. The Kier molecular flexibility index (Phi) is 5.14. The van der Waals surface area contributed by atoms with Crippen molar-refractivity contribution in [1.29, 1.82) is 0 Å². The molecule has 1 aromatic heterocycles. The molecule has 0 aliphatic heterocycles. The molecule has 0 saturated carbocycles. The molecule has 2 aromatic carbocycles. The first-order chi connectivity index (χ1) is 12.5. The van der Waals surface area contributed by atoms with E-state index in [0.29, 0.717) is 16.5 Å². The first kappa shape index (κ1) is 17.4. The average molecular weight is 373 g/mol. The van der Waals surface area contributed by atoms with Crippen LogP contribution in [0.1, 0.15) is 10.5 Å². The number of hydrogen-bond acceptors (Lipinski definition) is 5. The third-order valence-corrected chi connectivity index (χ3v) is 3.70. The van der Waals surface area contributed by atoms with Crippen molar-refractivity contribution in [3.8, 4) is 5.75 Å². The Morgan fingerprint density at radius 2 is 1.85 bits per heavy atom. The predicted molar refractivity (Wildman–Crippen MR) is 95.4 cm³/mol. The minimum Gasteiger partial charge on any atom is -0.471 e. The molecule has 132 valence electrons. The molecule has 0 fully saturated rings. The number of ether oxygens (including phenoxy) is 1. The lowest BCUT2D eigenvalue weighted by atomic mass is 10.2. The quantitative estimate of drug-likeness (QED) is 0.525. The number of nitrogens with one attached hydrogen (secondary N) is 1. The number of nitro groups is 1. The number of halogens is 1. The van der Waals surface area contributed by atoms with Gasteiger partial charge in [-0.05, 0) is 42.5 Å². The van der Waals surface area contributed by atoms with Gasteiger partial charge < -0.3 is 10.1 Å². The molecule has 0 bridgehead atoms. The van der Waals surface area contributed by atoms with Crippen LogP contribution in [-0.2, 0) is 6.73 Å². The molecule has 26 heavy (non-hydrogen) atoms. The van der Waals surface area contributed by atoms with Crippen molar-refractivity contribution in [3.05, 3.63) is 81.6 Å². The molecule has 1 heterocycles. The van der Waals surface area contributed by atoms with Crippen LogP contribution in [0, 0.1) is 10.1 Å². The fourth-order valence-electron chi connectivity index (χ4n) is 2.16. The molecular formula is C17H13ClN4O4. The van der Waals surface area contributed by atoms with Gasteiger partial charge in [-0.2, -0.15) is 5.10 Å². The Morgan fingerprint density at radius 1 is 1.15 bits per heavy atom. The van der Waals surface area contributed by atoms with E-state index >= 15 is 0 Å². The van der Waals surface area contributed by atoms with Crippen LogP contribution in [0.15, 0.2) is 60.8 Å². The van der Waals surface area contributed by atoms with Crippen molar-refractivity contribution in [2.75, 3.05) is 5.32 Å². The van der Waals surface area contributed by atoms with Gasteiger partial charge in [-0.1, -0.05) is 11.6 Å². The van der Waals surface area contributed by atoms with Crippen molar-refractivity contribution in [2.24, 2.45) is 0 Å². The van der Waals surface area contributed by atoms with Gasteiger partial charge in [0.05, 0.1) is 4.92 Å². The van der Waals surface area contributed by atoms with Gasteiger partial charge in [0.1, 0.15) is 11.4 Å². The lowest BCUT2D eigenvalue weighted by Crippen LogP contribution is -2.19. The highest BCUT2D eigenvalue weighted by Gasteiger charge is 2.13. The number of non-ortho nitro benzene ring substituents is 1. The van der Waals surface area contributed by atoms with E-state index in [0.717, 1.165) is 0 Å². The summed E-state index contributed by atoms with van der Waals surface area (Å²) in [7, 11) is 0.